The van der Waals surface area contributed by atoms with Gasteiger partial charge in [-0.2, -0.15) is 5.10 Å². The summed E-state index contributed by atoms with van der Waals surface area (Å²) in [5, 5.41) is 4.56. The Kier molecular flexibility index (Phi) is 7.85. The molecule has 2 fully saturated rings. The lowest BCUT2D eigenvalue weighted by molar-refractivity contribution is 0.212. The van der Waals surface area contributed by atoms with E-state index in [9.17, 15) is 0 Å². The summed E-state index contributed by atoms with van der Waals surface area (Å²) in [7, 11) is 6.44. The standard InChI is InChI=1S/C29H42N8O/c1-6-27(34(3)4)22-14-21(15-24(16-22)36-11-7-8-20(36)2)26-18-31-28(30)29(33-26)38-25-17-32-37(19-25)23-9-12-35(5)13-10-23/h14-20,23,27H,6-13H2,1-5H3,(H2,30,31)/t20-,27?/m1/s1. The molecule has 4 heterocycles. The van der Waals surface area contributed by atoms with Crippen LogP contribution in [0.25, 0.3) is 11.3 Å². The Morgan fingerprint density at radius 1 is 1.11 bits per heavy atom. The summed E-state index contributed by atoms with van der Waals surface area (Å²) in [6, 6.07) is 8.04. The molecular formula is C29H42N8O. The van der Waals surface area contributed by atoms with Crippen molar-refractivity contribution >= 4 is 11.5 Å². The van der Waals surface area contributed by atoms with Crippen molar-refractivity contribution in [2.45, 2.75) is 64.1 Å². The molecule has 2 aliphatic heterocycles. The summed E-state index contributed by atoms with van der Waals surface area (Å²) in [6.45, 7) is 7.77. The first-order chi connectivity index (χ1) is 18.3. The highest BCUT2D eigenvalue weighted by Gasteiger charge is 2.24. The highest BCUT2D eigenvalue weighted by molar-refractivity contribution is 5.69. The molecule has 204 valence electrons. The number of aromatic nitrogens is 4. The molecule has 0 saturated carbocycles. The van der Waals surface area contributed by atoms with Crippen LogP contribution in [-0.2, 0) is 0 Å². The van der Waals surface area contributed by atoms with Crippen molar-refractivity contribution in [3.63, 3.8) is 0 Å². The topological polar surface area (TPSA) is 88.6 Å². The van der Waals surface area contributed by atoms with Crippen LogP contribution in [0.1, 0.15) is 63.6 Å². The van der Waals surface area contributed by atoms with Crippen LogP contribution in [0.5, 0.6) is 11.6 Å². The average Bonchev–Trinajstić information content (AvgIpc) is 3.55. The molecule has 1 aromatic carbocycles. The quantitative estimate of drug-likeness (QED) is 0.447. The van der Waals surface area contributed by atoms with Crippen molar-refractivity contribution in [1.29, 1.82) is 0 Å². The molecule has 9 heteroatoms. The Morgan fingerprint density at radius 2 is 1.89 bits per heavy atom. The van der Waals surface area contributed by atoms with Gasteiger partial charge in [-0.05, 0) is 97.0 Å². The first-order valence-corrected chi connectivity index (χ1v) is 13.9. The van der Waals surface area contributed by atoms with Gasteiger partial charge in [-0.15, -0.1) is 0 Å². The van der Waals surface area contributed by atoms with Gasteiger partial charge in [0.2, 0.25) is 0 Å². The summed E-state index contributed by atoms with van der Waals surface area (Å²) in [6.07, 6.45) is 11.0. The van der Waals surface area contributed by atoms with Gasteiger partial charge in [-0.1, -0.05) is 6.92 Å². The van der Waals surface area contributed by atoms with Gasteiger partial charge in [0.05, 0.1) is 30.3 Å². The second-order valence-electron chi connectivity index (χ2n) is 11.1. The fourth-order valence-electron chi connectivity index (χ4n) is 5.90. The number of ether oxygens (including phenoxy) is 1. The molecule has 0 spiro atoms. The molecule has 1 unspecified atom stereocenters. The maximum atomic E-state index is 6.22. The van der Waals surface area contributed by atoms with Gasteiger partial charge in [0.25, 0.3) is 5.88 Å². The summed E-state index contributed by atoms with van der Waals surface area (Å²) >= 11 is 0. The Morgan fingerprint density at radius 3 is 2.58 bits per heavy atom. The van der Waals surface area contributed by atoms with E-state index in [0.717, 1.165) is 50.2 Å². The van der Waals surface area contributed by atoms with Gasteiger partial charge in [-0.25, -0.2) is 9.97 Å². The van der Waals surface area contributed by atoms with Gasteiger partial charge in [0, 0.05) is 29.9 Å². The molecule has 0 bridgehead atoms. The third kappa shape index (κ3) is 5.63. The molecule has 2 saturated heterocycles. The van der Waals surface area contributed by atoms with E-state index in [1.54, 1.807) is 12.4 Å². The summed E-state index contributed by atoms with van der Waals surface area (Å²) in [5.41, 5.74) is 10.5. The largest absolute Gasteiger partial charge is 0.433 e. The maximum Gasteiger partial charge on any atom is 0.263 e. The monoisotopic (exact) mass is 518 g/mol. The van der Waals surface area contributed by atoms with Gasteiger partial charge in [0.1, 0.15) is 0 Å². The summed E-state index contributed by atoms with van der Waals surface area (Å²) in [4.78, 5) is 16.4. The van der Waals surface area contributed by atoms with Crippen molar-refractivity contribution in [3.05, 3.63) is 42.4 Å². The van der Waals surface area contributed by atoms with Crippen molar-refractivity contribution in [3.8, 4) is 22.9 Å². The normalized spacial score (nSPS) is 19.8. The van der Waals surface area contributed by atoms with Crippen LogP contribution >= 0.6 is 0 Å². The van der Waals surface area contributed by atoms with Gasteiger partial charge in [-0.3, -0.25) is 4.68 Å². The molecule has 5 rings (SSSR count). The molecule has 38 heavy (non-hydrogen) atoms. The third-order valence-corrected chi connectivity index (χ3v) is 8.14. The van der Waals surface area contributed by atoms with Crippen molar-refractivity contribution in [2.75, 3.05) is 51.4 Å². The van der Waals surface area contributed by atoms with Gasteiger partial charge in [0.15, 0.2) is 11.6 Å². The zero-order chi connectivity index (χ0) is 26.8. The summed E-state index contributed by atoms with van der Waals surface area (Å²) in [5.74, 6) is 1.21. The molecule has 0 radical (unpaired) electrons. The van der Waals surface area contributed by atoms with E-state index in [-0.39, 0.29) is 5.82 Å². The van der Waals surface area contributed by atoms with E-state index in [1.807, 2.05) is 10.9 Å². The highest BCUT2D eigenvalue weighted by atomic mass is 16.5. The smallest absolute Gasteiger partial charge is 0.263 e. The van der Waals surface area contributed by atoms with Crippen LogP contribution in [0.15, 0.2) is 36.8 Å². The first kappa shape index (κ1) is 26.4. The molecular weight excluding hydrogens is 476 g/mol. The predicted octanol–water partition coefficient (Wildman–Crippen LogP) is 4.98. The molecule has 9 nitrogen and oxygen atoms in total. The third-order valence-electron chi connectivity index (χ3n) is 8.14. The fraction of sp³-hybridized carbons (Fsp3) is 0.552. The average molecular weight is 519 g/mol. The Labute approximate surface area is 226 Å². The number of hydrogen-bond donors (Lipinski definition) is 1. The molecule has 2 N–H and O–H groups in total. The van der Waals surface area contributed by atoms with E-state index in [1.165, 1.54) is 24.1 Å². The van der Waals surface area contributed by atoms with E-state index in [0.29, 0.717) is 29.8 Å². The molecule has 0 amide bonds. The zero-order valence-electron chi connectivity index (χ0n) is 23.5. The van der Waals surface area contributed by atoms with Crippen LogP contribution in [0.4, 0.5) is 11.5 Å². The van der Waals surface area contributed by atoms with Crippen LogP contribution in [0, 0.1) is 0 Å². The van der Waals surface area contributed by atoms with E-state index >= 15 is 0 Å². The highest BCUT2D eigenvalue weighted by Crippen LogP contribution is 2.36. The molecule has 2 aromatic heterocycles. The minimum absolute atomic E-state index is 0.269. The summed E-state index contributed by atoms with van der Waals surface area (Å²) < 4.78 is 8.15. The SMILES string of the molecule is CCC(c1cc(-c2cnc(N)c(Oc3cnn(C4CCN(C)CC4)c3)n2)cc(N2CCC[C@H]2C)c1)N(C)C. The number of rotatable bonds is 8. The number of anilines is 2. The Bertz CT molecular complexity index is 1210. The minimum atomic E-state index is 0.269. The predicted molar refractivity (Wildman–Crippen MR) is 153 cm³/mol. The lowest BCUT2D eigenvalue weighted by atomic mass is 9.98. The van der Waals surface area contributed by atoms with Crippen LogP contribution in [0.3, 0.4) is 0 Å². The molecule has 0 aliphatic carbocycles. The van der Waals surface area contributed by atoms with Gasteiger partial charge >= 0.3 is 0 Å². The maximum absolute atomic E-state index is 6.22. The second-order valence-corrected chi connectivity index (χ2v) is 11.1. The molecule has 2 atom stereocenters. The second kappa shape index (κ2) is 11.3. The number of nitrogens with two attached hydrogens (primary N) is 1. The number of benzene rings is 1. The van der Waals surface area contributed by atoms with E-state index in [4.69, 9.17) is 15.5 Å². The fourth-order valence-corrected chi connectivity index (χ4v) is 5.90. The lowest BCUT2D eigenvalue weighted by Crippen LogP contribution is -2.31. The van der Waals surface area contributed by atoms with Crippen molar-refractivity contribution < 1.29 is 4.74 Å². The van der Waals surface area contributed by atoms with Crippen molar-refractivity contribution in [1.82, 2.24) is 29.5 Å². The van der Waals surface area contributed by atoms with E-state index in [2.05, 4.69) is 78.0 Å². The van der Waals surface area contributed by atoms with Crippen molar-refractivity contribution in [2.24, 2.45) is 0 Å². The van der Waals surface area contributed by atoms with E-state index < -0.39 is 0 Å². The zero-order valence-corrected chi connectivity index (χ0v) is 23.5. The Balaban J connectivity index is 1.45. The number of piperidine rings is 1. The number of likely N-dealkylation sites (tertiary alicyclic amines) is 1. The first-order valence-electron chi connectivity index (χ1n) is 13.9. The molecule has 3 aromatic rings. The van der Waals surface area contributed by atoms with Crippen LogP contribution in [-0.4, -0.2) is 76.4 Å². The van der Waals surface area contributed by atoms with Crippen LogP contribution < -0.4 is 15.4 Å². The lowest BCUT2D eigenvalue weighted by Gasteiger charge is -2.28. The Hall–Kier alpha value is -3.17. The minimum Gasteiger partial charge on any atom is -0.433 e. The van der Waals surface area contributed by atoms with Gasteiger partial charge < -0.3 is 25.2 Å². The van der Waals surface area contributed by atoms with Crippen LogP contribution in [0.2, 0.25) is 0 Å². The number of nitrogen functional groups attached to an aromatic ring is 1. The number of nitrogens with zero attached hydrogens (tertiary/aromatic N) is 7. The number of hydrogen-bond acceptors (Lipinski definition) is 8. The molecule has 2 aliphatic rings.